The third kappa shape index (κ3) is 5.33. The Hall–Kier alpha value is -3.56. The van der Waals surface area contributed by atoms with Crippen molar-refractivity contribution >= 4 is 52.1 Å². The Labute approximate surface area is 237 Å². The van der Waals surface area contributed by atoms with Gasteiger partial charge in [-0.2, -0.15) is 0 Å². The van der Waals surface area contributed by atoms with E-state index in [1.54, 1.807) is 12.4 Å². The molecule has 0 aliphatic carbocycles. The summed E-state index contributed by atoms with van der Waals surface area (Å²) >= 11 is 12.7. The maximum atomic E-state index is 13.2. The van der Waals surface area contributed by atoms with Crippen LogP contribution >= 0.6 is 23.2 Å². The predicted molar refractivity (Wildman–Crippen MR) is 156 cm³/mol. The van der Waals surface area contributed by atoms with Gasteiger partial charge in [0.25, 0.3) is 0 Å². The summed E-state index contributed by atoms with van der Waals surface area (Å²) in [5.41, 5.74) is 3.27. The van der Waals surface area contributed by atoms with Crippen molar-refractivity contribution in [1.29, 1.82) is 0 Å². The van der Waals surface area contributed by atoms with E-state index >= 15 is 0 Å². The Bertz CT molecular complexity index is 1440. The molecule has 2 aliphatic rings. The van der Waals surface area contributed by atoms with Crippen LogP contribution in [0.25, 0.3) is 16.9 Å². The number of hydrogen-bond donors (Lipinski definition) is 1. The van der Waals surface area contributed by atoms with Crippen LogP contribution in [-0.2, 0) is 4.79 Å². The number of imidazole rings is 1. The average Bonchev–Trinajstić information content (AvgIpc) is 3.35. The molecule has 0 atom stereocenters. The maximum absolute atomic E-state index is 13.2. The van der Waals surface area contributed by atoms with Crippen molar-refractivity contribution in [2.24, 2.45) is 0 Å². The highest BCUT2D eigenvalue weighted by Crippen LogP contribution is 2.33. The first-order valence-corrected chi connectivity index (χ1v) is 14.1. The summed E-state index contributed by atoms with van der Waals surface area (Å²) in [6.45, 7) is 4.70. The van der Waals surface area contributed by atoms with E-state index in [1.807, 2.05) is 39.9 Å². The third-order valence-electron chi connectivity index (χ3n) is 7.42. The van der Waals surface area contributed by atoms with Crippen molar-refractivity contribution in [3.63, 3.8) is 0 Å². The van der Waals surface area contributed by atoms with Crippen molar-refractivity contribution in [1.82, 2.24) is 24.3 Å². The number of anilines is 3. The molecule has 0 aromatic carbocycles. The van der Waals surface area contributed by atoms with Gasteiger partial charge in [0.2, 0.25) is 5.91 Å². The van der Waals surface area contributed by atoms with Crippen molar-refractivity contribution in [2.75, 3.05) is 60.9 Å². The van der Waals surface area contributed by atoms with Crippen LogP contribution in [0.1, 0.15) is 19.3 Å². The first-order valence-electron chi connectivity index (χ1n) is 13.3. The monoisotopic (exact) mass is 564 g/mol. The van der Waals surface area contributed by atoms with Gasteiger partial charge in [-0.15, -0.1) is 0 Å². The number of halogens is 2. The maximum Gasteiger partial charge on any atom is 0.242 e. The second-order valence-electron chi connectivity index (χ2n) is 9.86. The van der Waals surface area contributed by atoms with Crippen molar-refractivity contribution in [3.05, 3.63) is 65.2 Å². The lowest BCUT2D eigenvalue weighted by Gasteiger charge is -2.36. The molecule has 0 bridgehead atoms. The van der Waals surface area contributed by atoms with E-state index in [9.17, 15) is 4.79 Å². The molecule has 4 aromatic rings. The molecular formula is C28H30Cl2N8O. The zero-order valence-electron chi connectivity index (χ0n) is 21.6. The smallest absolute Gasteiger partial charge is 0.242 e. The van der Waals surface area contributed by atoms with Crippen LogP contribution in [0.4, 0.5) is 17.3 Å². The van der Waals surface area contributed by atoms with Crippen LogP contribution in [-0.4, -0.2) is 76.0 Å². The van der Waals surface area contributed by atoms with Gasteiger partial charge in [-0.1, -0.05) is 29.3 Å². The lowest BCUT2D eigenvalue weighted by molar-refractivity contribution is -0.129. The third-order valence-corrected chi connectivity index (χ3v) is 7.97. The second-order valence-corrected chi connectivity index (χ2v) is 10.7. The summed E-state index contributed by atoms with van der Waals surface area (Å²) in [6, 6.07) is 10.0. The minimum absolute atomic E-state index is 0.0250. The molecule has 1 amide bonds. The summed E-state index contributed by atoms with van der Waals surface area (Å²) in [6.07, 6.45) is 10.7. The van der Waals surface area contributed by atoms with Gasteiger partial charge in [0, 0.05) is 69.6 Å². The minimum atomic E-state index is 0.0250. The summed E-state index contributed by atoms with van der Waals surface area (Å²) in [7, 11) is 0. The Morgan fingerprint density at radius 3 is 2.36 bits per heavy atom. The largest absolute Gasteiger partial charge is 0.365 e. The van der Waals surface area contributed by atoms with E-state index in [-0.39, 0.29) is 12.5 Å². The van der Waals surface area contributed by atoms with E-state index in [0.717, 1.165) is 47.3 Å². The van der Waals surface area contributed by atoms with E-state index in [4.69, 9.17) is 33.2 Å². The molecule has 202 valence electrons. The van der Waals surface area contributed by atoms with Crippen LogP contribution < -0.4 is 15.1 Å². The van der Waals surface area contributed by atoms with Crippen LogP contribution in [0.3, 0.4) is 0 Å². The molecule has 11 heteroatoms. The number of piperidine rings is 1. The minimum Gasteiger partial charge on any atom is -0.365 e. The molecule has 0 unspecified atom stereocenters. The van der Waals surface area contributed by atoms with Crippen molar-refractivity contribution < 1.29 is 4.79 Å². The van der Waals surface area contributed by atoms with Gasteiger partial charge >= 0.3 is 0 Å². The first kappa shape index (κ1) is 25.7. The van der Waals surface area contributed by atoms with Gasteiger partial charge in [-0.25, -0.2) is 9.97 Å². The topological polar surface area (TPSA) is 81.9 Å². The lowest BCUT2D eigenvalue weighted by atomic mass is 10.1. The van der Waals surface area contributed by atoms with Crippen LogP contribution in [0.15, 0.2) is 55.1 Å². The number of carbonyl (C=O) groups excluding carboxylic acids is 1. The average molecular weight is 566 g/mol. The number of fused-ring (bicyclic) bond motifs is 1. The fraction of sp³-hybridized carbons (Fsp3) is 0.357. The second kappa shape index (κ2) is 11.3. The number of carbonyl (C=O) groups is 1. The fourth-order valence-electron chi connectivity index (χ4n) is 5.36. The Balaban J connectivity index is 1.15. The number of nitrogens with zero attached hydrogens (tertiary/aromatic N) is 7. The standard InChI is InChI=1S/C28H30Cl2N8O/c29-21-17-31-18-22(30)27(21)37-14-12-36(13-15-37)25(39)19-33-28-26(34-24-6-2-5-11-38(24)28)20-7-8-23(32-16-20)35-9-3-1-4-10-35/h2,5-8,11,16-18,33H,1,3-4,9-10,12-15,19H2. The molecule has 0 saturated carbocycles. The van der Waals surface area contributed by atoms with E-state index in [2.05, 4.69) is 32.2 Å². The Morgan fingerprint density at radius 1 is 0.872 bits per heavy atom. The fourth-order valence-corrected chi connectivity index (χ4v) is 5.96. The highest BCUT2D eigenvalue weighted by Gasteiger charge is 2.25. The zero-order chi connectivity index (χ0) is 26.8. The lowest BCUT2D eigenvalue weighted by Crippen LogP contribution is -2.50. The summed E-state index contributed by atoms with van der Waals surface area (Å²) in [4.78, 5) is 33.2. The molecule has 2 fully saturated rings. The Morgan fingerprint density at radius 2 is 1.64 bits per heavy atom. The molecule has 2 saturated heterocycles. The number of nitrogens with one attached hydrogen (secondary N) is 1. The summed E-state index contributed by atoms with van der Waals surface area (Å²) in [5.74, 6) is 1.80. The van der Waals surface area contributed by atoms with Crippen LogP contribution in [0, 0.1) is 0 Å². The first-order chi connectivity index (χ1) is 19.1. The number of piperazine rings is 1. The van der Waals surface area contributed by atoms with E-state index in [1.165, 1.54) is 19.3 Å². The molecule has 6 heterocycles. The summed E-state index contributed by atoms with van der Waals surface area (Å²) < 4.78 is 1.98. The van der Waals surface area contributed by atoms with E-state index in [0.29, 0.717) is 36.2 Å². The van der Waals surface area contributed by atoms with Crippen molar-refractivity contribution in [3.8, 4) is 11.3 Å². The van der Waals surface area contributed by atoms with Gasteiger partial charge in [-0.05, 0) is 43.5 Å². The highest BCUT2D eigenvalue weighted by molar-refractivity contribution is 6.38. The normalized spacial score (nSPS) is 16.1. The van der Waals surface area contributed by atoms with Gasteiger partial charge in [0.1, 0.15) is 23.0 Å². The molecule has 39 heavy (non-hydrogen) atoms. The molecule has 2 aliphatic heterocycles. The van der Waals surface area contributed by atoms with Gasteiger partial charge < -0.3 is 20.0 Å². The quantitative estimate of drug-likeness (QED) is 0.358. The predicted octanol–water partition coefficient (Wildman–Crippen LogP) is 4.85. The Kier molecular flexibility index (Phi) is 7.43. The zero-order valence-corrected chi connectivity index (χ0v) is 23.1. The molecular weight excluding hydrogens is 535 g/mol. The van der Waals surface area contributed by atoms with E-state index < -0.39 is 0 Å². The molecule has 4 aromatic heterocycles. The van der Waals surface area contributed by atoms with Crippen LogP contribution in [0.2, 0.25) is 10.0 Å². The molecule has 9 nitrogen and oxygen atoms in total. The molecule has 0 spiro atoms. The molecule has 0 radical (unpaired) electrons. The van der Waals surface area contributed by atoms with Crippen molar-refractivity contribution in [2.45, 2.75) is 19.3 Å². The number of pyridine rings is 3. The van der Waals surface area contributed by atoms with Gasteiger partial charge in [-0.3, -0.25) is 14.2 Å². The van der Waals surface area contributed by atoms with Gasteiger partial charge in [0.15, 0.2) is 0 Å². The number of rotatable bonds is 6. The molecule has 6 rings (SSSR count). The van der Waals surface area contributed by atoms with Crippen LogP contribution in [0.5, 0.6) is 0 Å². The number of hydrogen-bond acceptors (Lipinski definition) is 7. The number of aromatic nitrogens is 4. The number of amides is 1. The summed E-state index contributed by atoms with van der Waals surface area (Å²) in [5, 5.41) is 4.41. The highest BCUT2D eigenvalue weighted by atomic mass is 35.5. The SMILES string of the molecule is O=C(CNc1c(-c2ccc(N3CCCCC3)nc2)nc2ccccn12)N1CCN(c2c(Cl)cncc2Cl)CC1. The van der Waals surface area contributed by atoms with Gasteiger partial charge in [0.05, 0.1) is 22.3 Å². The molecule has 1 N–H and O–H groups in total.